The second-order valence-electron chi connectivity index (χ2n) is 5.01. The predicted molar refractivity (Wildman–Crippen MR) is 68.3 cm³/mol. The van der Waals surface area contributed by atoms with Crippen molar-refractivity contribution in [2.24, 2.45) is 0 Å². The van der Waals surface area contributed by atoms with Gasteiger partial charge in [0.15, 0.2) is 0 Å². The van der Waals surface area contributed by atoms with Crippen LogP contribution >= 0.6 is 0 Å². The van der Waals surface area contributed by atoms with E-state index in [4.69, 9.17) is 9.84 Å². The fourth-order valence-corrected chi connectivity index (χ4v) is 2.30. The lowest BCUT2D eigenvalue weighted by Gasteiger charge is -2.36. The fourth-order valence-electron chi connectivity index (χ4n) is 2.30. The van der Waals surface area contributed by atoms with E-state index >= 15 is 0 Å². The summed E-state index contributed by atoms with van der Waals surface area (Å²) in [4.78, 5) is 2.02. The van der Waals surface area contributed by atoms with Gasteiger partial charge in [-0.2, -0.15) is 13.2 Å². The lowest BCUT2D eigenvalue weighted by molar-refractivity contribution is -0.137. The number of alkyl halides is 3. The van der Waals surface area contributed by atoms with Crippen LogP contribution < -0.4 is 0 Å². The van der Waals surface area contributed by atoms with Gasteiger partial charge in [0.2, 0.25) is 0 Å². The minimum atomic E-state index is -4.34. The van der Waals surface area contributed by atoms with Gasteiger partial charge in [0, 0.05) is 19.1 Å². The third kappa shape index (κ3) is 3.50. The molecule has 1 fully saturated rings. The Morgan fingerprint density at radius 1 is 1.45 bits per heavy atom. The van der Waals surface area contributed by atoms with Crippen LogP contribution in [0.1, 0.15) is 24.2 Å². The van der Waals surface area contributed by atoms with Gasteiger partial charge in [-0.1, -0.05) is 12.1 Å². The van der Waals surface area contributed by atoms with Crippen LogP contribution in [0, 0.1) is 0 Å². The molecule has 0 bridgehead atoms. The first kappa shape index (κ1) is 15.3. The highest BCUT2D eigenvalue weighted by atomic mass is 19.4. The normalized spacial score (nSPS) is 22.8. The Kier molecular flexibility index (Phi) is 4.67. The number of hydrogen-bond acceptors (Lipinski definition) is 3. The van der Waals surface area contributed by atoms with E-state index in [0.717, 1.165) is 12.1 Å². The van der Waals surface area contributed by atoms with Crippen LogP contribution in [0.25, 0.3) is 0 Å². The van der Waals surface area contributed by atoms with Crippen molar-refractivity contribution in [2.75, 3.05) is 26.3 Å². The molecule has 0 aliphatic carbocycles. The summed E-state index contributed by atoms with van der Waals surface area (Å²) < 4.78 is 43.7. The Bertz CT molecular complexity index is 450. The van der Waals surface area contributed by atoms with E-state index in [2.05, 4.69) is 0 Å². The quantitative estimate of drug-likeness (QED) is 0.928. The van der Waals surface area contributed by atoms with Crippen LogP contribution in [0.2, 0.25) is 0 Å². The third-order valence-corrected chi connectivity index (χ3v) is 3.57. The summed E-state index contributed by atoms with van der Waals surface area (Å²) in [5.41, 5.74) is -0.138. The number of rotatable bonds is 3. The number of aliphatic hydroxyl groups excluding tert-OH is 1. The standard InChI is InChI=1S/C14H18F3NO2/c1-10(9-19)18-5-6-20-13(8-18)11-3-2-4-12(7-11)14(15,16)17/h2-4,7,10,13,19H,5-6,8-9H2,1H3. The summed E-state index contributed by atoms with van der Waals surface area (Å²) in [6, 6.07) is 5.22. The Hall–Kier alpha value is -1.11. The van der Waals surface area contributed by atoms with Crippen molar-refractivity contribution in [1.82, 2.24) is 4.90 Å². The molecule has 20 heavy (non-hydrogen) atoms. The summed E-state index contributed by atoms with van der Waals surface area (Å²) in [7, 11) is 0. The molecule has 2 rings (SSSR count). The van der Waals surface area contributed by atoms with Crippen LogP contribution in [-0.4, -0.2) is 42.4 Å². The molecule has 0 saturated carbocycles. The van der Waals surface area contributed by atoms with E-state index in [9.17, 15) is 13.2 Å². The van der Waals surface area contributed by atoms with Gasteiger partial charge in [-0.15, -0.1) is 0 Å². The SMILES string of the molecule is CC(CO)N1CCOC(c2cccc(C(F)(F)F)c2)C1. The van der Waals surface area contributed by atoms with E-state index in [1.54, 1.807) is 6.07 Å². The molecule has 2 unspecified atom stereocenters. The summed E-state index contributed by atoms with van der Waals surface area (Å²) in [6.07, 6.45) is -4.73. The Balaban J connectivity index is 2.15. The van der Waals surface area contributed by atoms with Gasteiger partial charge in [0.05, 0.1) is 24.9 Å². The second kappa shape index (κ2) is 6.11. The molecule has 0 aromatic heterocycles. The van der Waals surface area contributed by atoms with E-state index in [1.807, 2.05) is 11.8 Å². The molecule has 0 radical (unpaired) electrons. The van der Waals surface area contributed by atoms with Crippen molar-refractivity contribution in [1.29, 1.82) is 0 Å². The Labute approximate surface area is 116 Å². The molecule has 1 aliphatic rings. The summed E-state index contributed by atoms with van der Waals surface area (Å²) >= 11 is 0. The highest BCUT2D eigenvalue weighted by molar-refractivity contribution is 5.27. The molecule has 2 atom stereocenters. The van der Waals surface area contributed by atoms with E-state index in [1.165, 1.54) is 6.07 Å². The highest BCUT2D eigenvalue weighted by Gasteiger charge is 2.32. The van der Waals surface area contributed by atoms with Gasteiger partial charge in [0.25, 0.3) is 0 Å². The molecule has 0 amide bonds. The largest absolute Gasteiger partial charge is 0.416 e. The lowest BCUT2D eigenvalue weighted by atomic mass is 10.0. The number of hydrogen-bond donors (Lipinski definition) is 1. The predicted octanol–water partition coefficient (Wildman–Crippen LogP) is 2.46. The summed E-state index contributed by atoms with van der Waals surface area (Å²) in [6.45, 7) is 3.52. The molecule has 1 N–H and O–H groups in total. The highest BCUT2D eigenvalue weighted by Crippen LogP contribution is 2.32. The summed E-state index contributed by atoms with van der Waals surface area (Å²) in [5.74, 6) is 0. The third-order valence-electron chi connectivity index (χ3n) is 3.57. The van der Waals surface area contributed by atoms with Crippen LogP contribution in [0.15, 0.2) is 24.3 Å². The number of benzene rings is 1. The molecule has 1 heterocycles. The second-order valence-corrected chi connectivity index (χ2v) is 5.01. The molecule has 1 aromatic carbocycles. The van der Waals surface area contributed by atoms with Gasteiger partial charge in [-0.25, -0.2) is 0 Å². The van der Waals surface area contributed by atoms with E-state index in [0.29, 0.717) is 25.3 Å². The molecule has 3 nitrogen and oxygen atoms in total. The Morgan fingerprint density at radius 2 is 2.20 bits per heavy atom. The number of nitrogens with zero attached hydrogens (tertiary/aromatic N) is 1. The molecule has 1 aliphatic heterocycles. The van der Waals surface area contributed by atoms with Crippen molar-refractivity contribution in [3.05, 3.63) is 35.4 Å². The van der Waals surface area contributed by atoms with Crippen LogP contribution in [0.3, 0.4) is 0 Å². The van der Waals surface area contributed by atoms with Crippen LogP contribution in [0.5, 0.6) is 0 Å². The molecular formula is C14H18F3NO2. The number of ether oxygens (including phenoxy) is 1. The smallest absolute Gasteiger partial charge is 0.395 e. The average molecular weight is 289 g/mol. The van der Waals surface area contributed by atoms with Crippen molar-refractivity contribution in [2.45, 2.75) is 25.2 Å². The topological polar surface area (TPSA) is 32.7 Å². The molecule has 112 valence electrons. The maximum absolute atomic E-state index is 12.7. The van der Waals surface area contributed by atoms with Gasteiger partial charge in [-0.3, -0.25) is 4.90 Å². The molecule has 1 aromatic rings. The monoisotopic (exact) mass is 289 g/mol. The van der Waals surface area contributed by atoms with Crippen molar-refractivity contribution >= 4 is 0 Å². The number of halogens is 3. The zero-order valence-electron chi connectivity index (χ0n) is 11.2. The molecule has 1 saturated heterocycles. The minimum Gasteiger partial charge on any atom is -0.395 e. The number of morpholine rings is 1. The zero-order chi connectivity index (χ0) is 14.8. The molecule has 0 spiro atoms. The minimum absolute atomic E-state index is 0.0211. The number of aliphatic hydroxyl groups is 1. The average Bonchev–Trinajstić information content (AvgIpc) is 2.46. The van der Waals surface area contributed by atoms with Gasteiger partial charge in [0.1, 0.15) is 0 Å². The maximum Gasteiger partial charge on any atom is 0.416 e. The van der Waals surface area contributed by atoms with Crippen molar-refractivity contribution < 1.29 is 23.0 Å². The first-order valence-corrected chi connectivity index (χ1v) is 6.55. The van der Waals surface area contributed by atoms with Gasteiger partial charge in [-0.05, 0) is 24.6 Å². The van der Waals surface area contributed by atoms with Gasteiger partial charge < -0.3 is 9.84 Å². The van der Waals surface area contributed by atoms with Crippen molar-refractivity contribution in [3.63, 3.8) is 0 Å². The first-order chi connectivity index (χ1) is 9.41. The fraction of sp³-hybridized carbons (Fsp3) is 0.571. The summed E-state index contributed by atoms with van der Waals surface area (Å²) in [5, 5.41) is 9.16. The molecular weight excluding hydrogens is 271 g/mol. The van der Waals surface area contributed by atoms with E-state index in [-0.39, 0.29) is 18.8 Å². The van der Waals surface area contributed by atoms with Gasteiger partial charge >= 0.3 is 6.18 Å². The Morgan fingerprint density at radius 3 is 2.85 bits per heavy atom. The zero-order valence-corrected chi connectivity index (χ0v) is 11.2. The van der Waals surface area contributed by atoms with Crippen LogP contribution in [0.4, 0.5) is 13.2 Å². The molecule has 6 heteroatoms. The van der Waals surface area contributed by atoms with E-state index < -0.39 is 11.7 Å². The van der Waals surface area contributed by atoms with Crippen LogP contribution in [-0.2, 0) is 10.9 Å². The lowest BCUT2D eigenvalue weighted by Crippen LogP contribution is -2.45. The maximum atomic E-state index is 12.7. The van der Waals surface area contributed by atoms with Crippen molar-refractivity contribution in [3.8, 4) is 0 Å². The first-order valence-electron chi connectivity index (χ1n) is 6.55.